The molecule has 3 nitrogen and oxygen atoms in total. The Bertz CT molecular complexity index is 499. The van der Waals surface area contributed by atoms with Gasteiger partial charge in [0.25, 0.3) is 0 Å². The highest BCUT2D eigenvalue weighted by Gasteiger charge is 2.38. The Hall–Kier alpha value is -1.22. The van der Waals surface area contributed by atoms with E-state index in [1.807, 2.05) is 0 Å². The molecule has 0 aromatic heterocycles. The summed E-state index contributed by atoms with van der Waals surface area (Å²) in [5, 5.41) is 0. The Morgan fingerprint density at radius 1 is 0.905 bits per heavy atom. The fourth-order valence-electron chi connectivity index (χ4n) is 3.35. The quantitative estimate of drug-likeness (QED) is 0.787. The third kappa shape index (κ3) is 2.52. The molecule has 1 aliphatic heterocycles. The van der Waals surface area contributed by atoms with Gasteiger partial charge in [-0.2, -0.15) is 0 Å². The van der Waals surface area contributed by atoms with Gasteiger partial charge in [-0.05, 0) is 46.9 Å². The van der Waals surface area contributed by atoms with Crippen molar-refractivity contribution in [1.82, 2.24) is 0 Å². The van der Waals surface area contributed by atoms with Crippen molar-refractivity contribution in [2.45, 2.75) is 57.5 Å². The lowest BCUT2D eigenvalue weighted by molar-refractivity contribution is 0.0366. The Labute approximate surface area is 127 Å². The molecule has 0 N–H and O–H groups in total. The van der Waals surface area contributed by atoms with Crippen LogP contribution in [0.4, 0.5) is 0 Å². The van der Waals surface area contributed by atoms with E-state index in [2.05, 4.69) is 39.8 Å². The van der Waals surface area contributed by atoms with Crippen LogP contribution in [-0.4, -0.2) is 26.4 Å². The largest absolute Gasteiger partial charge is 0.487 e. The van der Waals surface area contributed by atoms with Gasteiger partial charge < -0.3 is 14.2 Å². The third-order valence-electron chi connectivity index (χ3n) is 5.10. The van der Waals surface area contributed by atoms with Crippen molar-refractivity contribution in [2.75, 3.05) is 20.3 Å². The van der Waals surface area contributed by atoms with E-state index in [4.69, 9.17) is 14.2 Å². The van der Waals surface area contributed by atoms with E-state index in [-0.39, 0.29) is 16.9 Å². The highest BCUT2D eigenvalue weighted by molar-refractivity contribution is 5.53. The van der Waals surface area contributed by atoms with Crippen LogP contribution in [0.15, 0.2) is 12.1 Å². The summed E-state index contributed by atoms with van der Waals surface area (Å²) in [6.07, 6.45) is 2.40. The molecule has 0 atom stereocenters. The minimum atomic E-state index is -0.00421. The van der Waals surface area contributed by atoms with Gasteiger partial charge in [0.1, 0.15) is 19.3 Å². The summed E-state index contributed by atoms with van der Waals surface area (Å²) in [6.45, 7) is 10.4. The molecule has 1 aliphatic carbocycles. The molecule has 116 valence electrons. The summed E-state index contributed by atoms with van der Waals surface area (Å²) in [7, 11) is 1.70. The summed E-state index contributed by atoms with van der Waals surface area (Å²) in [5.41, 5.74) is 3.18. The van der Waals surface area contributed by atoms with Crippen LogP contribution in [0, 0.1) is 0 Å². The first-order valence-electron chi connectivity index (χ1n) is 7.81. The minimum absolute atomic E-state index is 0.00421. The van der Waals surface area contributed by atoms with Crippen LogP contribution in [0.3, 0.4) is 0 Å². The van der Waals surface area contributed by atoms with E-state index in [0.29, 0.717) is 13.2 Å². The number of methoxy groups -OCH3 is 1. The first kappa shape index (κ1) is 14.7. The minimum Gasteiger partial charge on any atom is -0.487 e. The molecule has 0 fully saturated rings. The topological polar surface area (TPSA) is 27.7 Å². The van der Waals surface area contributed by atoms with Gasteiger partial charge in [0.2, 0.25) is 0 Å². The molecule has 3 heteroatoms. The molecule has 1 aromatic carbocycles. The summed E-state index contributed by atoms with van der Waals surface area (Å²) in [4.78, 5) is 0. The Kier molecular flexibility index (Phi) is 3.44. The van der Waals surface area contributed by atoms with Crippen LogP contribution in [0.5, 0.6) is 11.5 Å². The Morgan fingerprint density at radius 3 is 1.71 bits per heavy atom. The van der Waals surface area contributed by atoms with Crippen LogP contribution < -0.4 is 9.47 Å². The number of hydrogen-bond donors (Lipinski definition) is 0. The van der Waals surface area contributed by atoms with Crippen LogP contribution >= 0.6 is 0 Å². The molecule has 0 unspecified atom stereocenters. The predicted octanol–water partition coefficient (Wildman–Crippen LogP) is 3.82. The van der Waals surface area contributed by atoms with Crippen molar-refractivity contribution in [1.29, 1.82) is 0 Å². The fourth-order valence-corrected chi connectivity index (χ4v) is 3.35. The molecule has 2 aliphatic rings. The maximum absolute atomic E-state index is 5.93. The number of fused-ring (bicyclic) bond motifs is 2. The van der Waals surface area contributed by atoms with Gasteiger partial charge in [-0.25, -0.2) is 0 Å². The smallest absolute Gasteiger partial charge is 0.161 e. The Balaban J connectivity index is 2.07. The van der Waals surface area contributed by atoms with Crippen molar-refractivity contribution < 1.29 is 14.2 Å². The van der Waals surface area contributed by atoms with Gasteiger partial charge in [0, 0.05) is 7.11 Å². The molecule has 0 amide bonds. The number of ether oxygens (including phenoxy) is 3. The first-order valence-corrected chi connectivity index (χ1v) is 7.81. The normalized spacial score (nSPS) is 23.3. The fraction of sp³-hybridized carbons (Fsp3) is 0.667. The van der Waals surface area contributed by atoms with Gasteiger partial charge in [-0.15, -0.1) is 0 Å². The predicted molar refractivity (Wildman–Crippen MR) is 83.5 cm³/mol. The summed E-state index contributed by atoms with van der Waals surface area (Å²) >= 11 is 0. The SMILES string of the molecule is COC1COc2cc3c(cc2OC1)C(C)(C)CCC3(C)C. The molecule has 0 bridgehead atoms. The molecule has 0 radical (unpaired) electrons. The molecular formula is C18H26O3. The van der Waals surface area contributed by atoms with Crippen molar-refractivity contribution in [3.63, 3.8) is 0 Å². The lowest BCUT2D eigenvalue weighted by Gasteiger charge is -2.42. The first-order chi connectivity index (χ1) is 9.83. The molecule has 0 saturated heterocycles. The van der Waals surface area contributed by atoms with E-state index in [1.54, 1.807) is 7.11 Å². The van der Waals surface area contributed by atoms with Crippen LogP contribution in [0.1, 0.15) is 51.7 Å². The zero-order valence-electron chi connectivity index (χ0n) is 13.8. The number of rotatable bonds is 1. The maximum Gasteiger partial charge on any atom is 0.161 e. The second-order valence-electron chi connectivity index (χ2n) is 7.59. The van der Waals surface area contributed by atoms with Gasteiger partial charge in [0.15, 0.2) is 11.5 Å². The van der Waals surface area contributed by atoms with Crippen molar-refractivity contribution >= 4 is 0 Å². The molecule has 3 rings (SSSR count). The highest BCUT2D eigenvalue weighted by Crippen LogP contribution is 2.49. The average Bonchev–Trinajstić information content (AvgIpc) is 2.64. The molecular weight excluding hydrogens is 264 g/mol. The summed E-state index contributed by atoms with van der Waals surface area (Å²) < 4.78 is 17.2. The second kappa shape index (κ2) is 4.91. The van der Waals surface area contributed by atoms with Crippen molar-refractivity contribution in [2.24, 2.45) is 0 Å². The Morgan fingerprint density at radius 2 is 1.33 bits per heavy atom. The van der Waals surface area contributed by atoms with Crippen LogP contribution in [0.25, 0.3) is 0 Å². The zero-order chi connectivity index (χ0) is 15.3. The molecule has 0 saturated carbocycles. The van der Waals surface area contributed by atoms with E-state index in [1.165, 1.54) is 24.0 Å². The standard InChI is InChI=1S/C18H26O3/c1-17(2)6-7-18(3,4)14-9-16-15(8-13(14)17)20-10-12(19-5)11-21-16/h8-9,12H,6-7,10-11H2,1-5H3. The third-order valence-corrected chi connectivity index (χ3v) is 5.10. The van der Waals surface area contributed by atoms with Gasteiger partial charge >= 0.3 is 0 Å². The van der Waals surface area contributed by atoms with E-state index in [9.17, 15) is 0 Å². The lowest BCUT2D eigenvalue weighted by Crippen LogP contribution is -2.33. The lowest BCUT2D eigenvalue weighted by atomic mass is 9.63. The maximum atomic E-state index is 5.93. The molecule has 21 heavy (non-hydrogen) atoms. The molecule has 1 aromatic rings. The average molecular weight is 290 g/mol. The van der Waals surface area contributed by atoms with E-state index >= 15 is 0 Å². The van der Waals surface area contributed by atoms with E-state index in [0.717, 1.165) is 11.5 Å². The van der Waals surface area contributed by atoms with Crippen molar-refractivity contribution in [3.8, 4) is 11.5 Å². The monoisotopic (exact) mass is 290 g/mol. The second-order valence-corrected chi connectivity index (χ2v) is 7.59. The van der Waals surface area contributed by atoms with Gasteiger partial charge in [-0.1, -0.05) is 27.7 Å². The number of benzene rings is 1. The zero-order valence-corrected chi connectivity index (χ0v) is 13.8. The molecule has 1 heterocycles. The highest BCUT2D eigenvalue weighted by atomic mass is 16.6. The van der Waals surface area contributed by atoms with Crippen molar-refractivity contribution in [3.05, 3.63) is 23.3 Å². The van der Waals surface area contributed by atoms with Crippen LogP contribution in [0.2, 0.25) is 0 Å². The summed E-state index contributed by atoms with van der Waals surface area (Å²) in [6, 6.07) is 4.40. The van der Waals surface area contributed by atoms with Gasteiger partial charge in [0.05, 0.1) is 0 Å². The van der Waals surface area contributed by atoms with Crippen LogP contribution in [-0.2, 0) is 15.6 Å². The van der Waals surface area contributed by atoms with E-state index < -0.39 is 0 Å². The molecule has 0 spiro atoms. The summed E-state index contributed by atoms with van der Waals surface area (Å²) in [5.74, 6) is 1.72. The number of hydrogen-bond acceptors (Lipinski definition) is 3. The van der Waals surface area contributed by atoms with Gasteiger partial charge in [-0.3, -0.25) is 0 Å².